The van der Waals surface area contributed by atoms with Crippen LogP contribution in [0.3, 0.4) is 0 Å². The first kappa shape index (κ1) is 17.1. The van der Waals surface area contributed by atoms with E-state index in [-0.39, 0.29) is 23.9 Å². The van der Waals surface area contributed by atoms with Crippen LogP contribution in [0.15, 0.2) is 48.7 Å². The molecular weight excluding hydrogens is 314 g/mol. The lowest BCUT2D eigenvalue weighted by molar-refractivity contribution is -0.125. The van der Waals surface area contributed by atoms with E-state index in [0.717, 1.165) is 17.7 Å². The van der Waals surface area contributed by atoms with E-state index < -0.39 is 0 Å². The van der Waals surface area contributed by atoms with Gasteiger partial charge < -0.3 is 10.2 Å². The minimum absolute atomic E-state index is 0.0672. The van der Waals surface area contributed by atoms with Crippen molar-refractivity contribution in [2.75, 3.05) is 6.54 Å². The predicted molar refractivity (Wildman–Crippen MR) is 97.0 cm³/mol. The fourth-order valence-electron chi connectivity index (χ4n) is 3.17. The number of hydrogen-bond donors (Lipinski definition) is 1. The molecule has 1 aromatic heterocycles. The van der Waals surface area contributed by atoms with Gasteiger partial charge in [-0.05, 0) is 51.0 Å². The number of likely N-dealkylation sites (tertiary alicyclic amines) is 1. The molecule has 1 unspecified atom stereocenters. The molecule has 1 aliphatic rings. The molecule has 5 heteroatoms. The van der Waals surface area contributed by atoms with E-state index >= 15 is 0 Å². The van der Waals surface area contributed by atoms with Gasteiger partial charge in [-0.3, -0.25) is 14.6 Å². The molecule has 0 aliphatic carbocycles. The quantitative estimate of drug-likeness (QED) is 0.933. The first-order valence-corrected chi connectivity index (χ1v) is 8.69. The third kappa shape index (κ3) is 3.87. The number of amides is 2. The van der Waals surface area contributed by atoms with Crippen molar-refractivity contribution in [3.05, 3.63) is 54.2 Å². The maximum absolute atomic E-state index is 13.0. The van der Waals surface area contributed by atoms with Crippen LogP contribution in [-0.2, 0) is 4.79 Å². The lowest BCUT2D eigenvalue weighted by atomic mass is 10.1. The van der Waals surface area contributed by atoms with Crippen LogP contribution in [-0.4, -0.2) is 40.3 Å². The van der Waals surface area contributed by atoms with Gasteiger partial charge in [-0.1, -0.05) is 18.2 Å². The summed E-state index contributed by atoms with van der Waals surface area (Å²) in [4.78, 5) is 31.4. The normalized spacial score (nSPS) is 16.9. The summed E-state index contributed by atoms with van der Waals surface area (Å²) in [5.41, 5.74) is 2.31. The van der Waals surface area contributed by atoms with E-state index in [9.17, 15) is 9.59 Å². The van der Waals surface area contributed by atoms with Gasteiger partial charge in [-0.2, -0.15) is 0 Å². The number of carbonyl (C=O) groups is 2. The molecule has 5 nitrogen and oxygen atoms in total. The third-order valence-electron chi connectivity index (χ3n) is 4.32. The Balaban J connectivity index is 1.82. The van der Waals surface area contributed by atoms with Crippen LogP contribution in [0, 0.1) is 0 Å². The maximum atomic E-state index is 13.0. The summed E-state index contributed by atoms with van der Waals surface area (Å²) >= 11 is 0. The van der Waals surface area contributed by atoms with Gasteiger partial charge in [-0.25, -0.2) is 0 Å². The highest BCUT2D eigenvalue weighted by Gasteiger charge is 2.34. The van der Waals surface area contributed by atoms with Gasteiger partial charge in [0.05, 0.1) is 5.69 Å². The van der Waals surface area contributed by atoms with Crippen LogP contribution in [0.4, 0.5) is 0 Å². The van der Waals surface area contributed by atoms with Crippen molar-refractivity contribution in [1.82, 2.24) is 15.2 Å². The van der Waals surface area contributed by atoms with Gasteiger partial charge in [0.15, 0.2) is 0 Å². The molecule has 2 heterocycles. The number of benzene rings is 1. The van der Waals surface area contributed by atoms with Crippen molar-refractivity contribution in [2.45, 2.75) is 38.8 Å². The van der Waals surface area contributed by atoms with Crippen LogP contribution >= 0.6 is 0 Å². The molecule has 2 amide bonds. The number of carbonyl (C=O) groups excluding carboxylic acids is 2. The number of nitrogens with one attached hydrogen (secondary N) is 1. The second-order valence-corrected chi connectivity index (χ2v) is 6.62. The van der Waals surface area contributed by atoms with Crippen molar-refractivity contribution in [3.63, 3.8) is 0 Å². The van der Waals surface area contributed by atoms with E-state index in [1.54, 1.807) is 17.2 Å². The van der Waals surface area contributed by atoms with Gasteiger partial charge in [-0.15, -0.1) is 0 Å². The zero-order chi connectivity index (χ0) is 17.8. The van der Waals surface area contributed by atoms with Crippen molar-refractivity contribution >= 4 is 11.8 Å². The van der Waals surface area contributed by atoms with Crippen LogP contribution < -0.4 is 5.32 Å². The summed E-state index contributed by atoms with van der Waals surface area (Å²) in [5.74, 6) is -0.166. The van der Waals surface area contributed by atoms with Crippen LogP contribution in [0.5, 0.6) is 0 Å². The second-order valence-electron chi connectivity index (χ2n) is 6.62. The van der Waals surface area contributed by atoms with Gasteiger partial charge in [0.2, 0.25) is 5.91 Å². The highest BCUT2D eigenvalue weighted by atomic mass is 16.2. The van der Waals surface area contributed by atoms with E-state index in [0.29, 0.717) is 18.5 Å². The van der Waals surface area contributed by atoms with Crippen molar-refractivity contribution in [1.29, 1.82) is 0 Å². The molecule has 1 atom stereocenters. The summed E-state index contributed by atoms with van der Waals surface area (Å²) in [5, 5.41) is 2.92. The second kappa shape index (κ2) is 7.47. The lowest BCUT2D eigenvalue weighted by Gasteiger charge is -2.25. The number of hydrogen-bond acceptors (Lipinski definition) is 3. The third-order valence-corrected chi connectivity index (χ3v) is 4.32. The van der Waals surface area contributed by atoms with E-state index in [1.165, 1.54) is 0 Å². The fraction of sp³-hybridized carbons (Fsp3) is 0.350. The number of rotatable bonds is 4. The average molecular weight is 337 g/mol. The Morgan fingerprint density at radius 2 is 2.04 bits per heavy atom. The van der Waals surface area contributed by atoms with Gasteiger partial charge in [0, 0.05) is 29.9 Å². The molecule has 25 heavy (non-hydrogen) atoms. The van der Waals surface area contributed by atoms with Gasteiger partial charge in [0.1, 0.15) is 6.04 Å². The molecule has 0 bridgehead atoms. The molecule has 1 aromatic carbocycles. The Bertz CT molecular complexity index is 759. The Hall–Kier alpha value is -2.69. The summed E-state index contributed by atoms with van der Waals surface area (Å²) < 4.78 is 0. The molecule has 0 radical (unpaired) electrons. The SMILES string of the molecule is CC(C)NC(=O)C1CCCN1C(=O)c1cccc(-c2ccccn2)c1. The molecular formula is C20H23N3O2. The zero-order valence-electron chi connectivity index (χ0n) is 14.6. The lowest BCUT2D eigenvalue weighted by Crippen LogP contribution is -2.47. The number of pyridine rings is 1. The van der Waals surface area contributed by atoms with Crippen LogP contribution in [0.2, 0.25) is 0 Å². The maximum Gasteiger partial charge on any atom is 0.254 e. The first-order valence-electron chi connectivity index (χ1n) is 8.69. The predicted octanol–water partition coefficient (Wildman–Crippen LogP) is 2.88. The molecule has 1 aliphatic heterocycles. The monoisotopic (exact) mass is 337 g/mol. The molecule has 2 aromatic rings. The highest BCUT2D eigenvalue weighted by Crippen LogP contribution is 2.23. The summed E-state index contributed by atoms with van der Waals surface area (Å²) in [7, 11) is 0. The highest BCUT2D eigenvalue weighted by molar-refractivity contribution is 5.98. The smallest absolute Gasteiger partial charge is 0.254 e. The Labute approximate surface area is 148 Å². The molecule has 0 spiro atoms. The standard InChI is InChI=1S/C20H23N3O2/c1-14(2)22-19(24)18-10-6-12-23(18)20(25)16-8-5-7-15(13-16)17-9-3-4-11-21-17/h3-5,7-9,11,13-14,18H,6,10,12H2,1-2H3,(H,22,24). The van der Waals surface area contributed by atoms with Crippen molar-refractivity contribution < 1.29 is 9.59 Å². The molecule has 0 saturated carbocycles. The largest absolute Gasteiger partial charge is 0.352 e. The number of nitrogens with zero attached hydrogens (tertiary/aromatic N) is 2. The minimum atomic E-state index is -0.381. The van der Waals surface area contributed by atoms with E-state index in [4.69, 9.17) is 0 Å². The van der Waals surface area contributed by atoms with Crippen LogP contribution in [0.25, 0.3) is 11.3 Å². The fourth-order valence-corrected chi connectivity index (χ4v) is 3.17. The Kier molecular flexibility index (Phi) is 5.12. The van der Waals surface area contributed by atoms with Crippen molar-refractivity contribution in [3.8, 4) is 11.3 Å². The molecule has 130 valence electrons. The first-order chi connectivity index (χ1) is 12.1. The zero-order valence-corrected chi connectivity index (χ0v) is 14.6. The topological polar surface area (TPSA) is 62.3 Å². The average Bonchev–Trinajstić information content (AvgIpc) is 3.11. The Morgan fingerprint density at radius 1 is 1.20 bits per heavy atom. The molecule has 1 fully saturated rings. The van der Waals surface area contributed by atoms with E-state index in [2.05, 4.69) is 10.3 Å². The molecule has 1 N–H and O–H groups in total. The summed E-state index contributed by atoms with van der Waals surface area (Å²) in [6, 6.07) is 12.8. The Morgan fingerprint density at radius 3 is 2.76 bits per heavy atom. The molecule has 1 saturated heterocycles. The van der Waals surface area contributed by atoms with E-state index in [1.807, 2.05) is 50.2 Å². The van der Waals surface area contributed by atoms with Gasteiger partial charge in [0.25, 0.3) is 5.91 Å². The summed E-state index contributed by atoms with van der Waals surface area (Å²) in [6.45, 7) is 4.47. The molecule has 3 rings (SSSR count). The van der Waals surface area contributed by atoms with Crippen LogP contribution in [0.1, 0.15) is 37.0 Å². The van der Waals surface area contributed by atoms with Crippen molar-refractivity contribution in [2.24, 2.45) is 0 Å². The number of aromatic nitrogens is 1. The summed E-state index contributed by atoms with van der Waals surface area (Å²) in [6.07, 6.45) is 3.29. The minimum Gasteiger partial charge on any atom is -0.352 e. The van der Waals surface area contributed by atoms with Gasteiger partial charge >= 0.3 is 0 Å².